The Labute approximate surface area is 119 Å². The van der Waals surface area contributed by atoms with Crippen LogP contribution in [0.25, 0.3) is 0 Å². The summed E-state index contributed by atoms with van der Waals surface area (Å²) in [6, 6.07) is 3.26. The number of sulfonamides is 1. The molecule has 0 spiro atoms. The number of amides is 1. The number of nitrogens with one attached hydrogen (secondary N) is 1. The first-order valence-corrected chi connectivity index (χ1v) is 8.28. The van der Waals surface area contributed by atoms with Crippen molar-refractivity contribution in [3.8, 4) is 0 Å². The fourth-order valence-corrected chi connectivity index (χ4v) is 3.51. The first kappa shape index (κ1) is 15.0. The number of carbonyl (C=O) groups is 1. The third-order valence-electron chi connectivity index (χ3n) is 3.76. The van der Waals surface area contributed by atoms with Crippen molar-refractivity contribution in [2.24, 2.45) is 5.14 Å². The Balaban J connectivity index is 2.33. The number of hydrogen-bond donors (Lipinski definition) is 2. The van der Waals surface area contributed by atoms with Crippen LogP contribution in [0.3, 0.4) is 0 Å². The minimum Gasteiger partial charge on any atom is -0.349 e. The van der Waals surface area contributed by atoms with Crippen LogP contribution in [0.15, 0.2) is 17.0 Å². The van der Waals surface area contributed by atoms with E-state index in [2.05, 4.69) is 5.32 Å². The lowest BCUT2D eigenvalue weighted by Gasteiger charge is -2.15. The normalized spacial score (nSPS) is 16.4. The first-order valence-electron chi connectivity index (χ1n) is 6.74. The van der Waals surface area contributed by atoms with E-state index in [1.807, 2.05) is 0 Å². The minimum atomic E-state index is -3.81. The van der Waals surface area contributed by atoms with Gasteiger partial charge in [-0.1, -0.05) is 18.9 Å². The van der Waals surface area contributed by atoms with Gasteiger partial charge in [-0.15, -0.1) is 0 Å². The molecule has 0 radical (unpaired) electrons. The van der Waals surface area contributed by atoms with Gasteiger partial charge in [0.25, 0.3) is 5.91 Å². The molecule has 0 bridgehead atoms. The van der Waals surface area contributed by atoms with E-state index in [-0.39, 0.29) is 16.8 Å². The molecule has 1 aliphatic carbocycles. The molecule has 1 amide bonds. The van der Waals surface area contributed by atoms with Gasteiger partial charge in [0.15, 0.2) is 0 Å². The van der Waals surface area contributed by atoms with Crippen molar-refractivity contribution in [3.63, 3.8) is 0 Å². The molecule has 0 unspecified atom stereocenters. The molecular formula is C14H20N2O3S. The average Bonchev–Trinajstić information content (AvgIpc) is 2.79. The molecule has 20 heavy (non-hydrogen) atoms. The monoisotopic (exact) mass is 296 g/mol. The quantitative estimate of drug-likeness (QED) is 0.888. The summed E-state index contributed by atoms with van der Waals surface area (Å²) in [7, 11) is -3.81. The van der Waals surface area contributed by atoms with E-state index in [1.165, 1.54) is 6.07 Å². The van der Waals surface area contributed by atoms with Crippen LogP contribution >= 0.6 is 0 Å². The lowest BCUT2D eigenvalue weighted by Crippen LogP contribution is -2.33. The zero-order valence-electron chi connectivity index (χ0n) is 11.8. The van der Waals surface area contributed by atoms with Gasteiger partial charge in [-0.25, -0.2) is 13.6 Å². The summed E-state index contributed by atoms with van der Waals surface area (Å²) in [5.74, 6) is -0.223. The fourth-order valence-electron chi connectivity index (χ4n) is 2.72. The number of nitrogens with two attached hydrogens (primary N) is 1. The SMILES string of the molecule is Cc1cc(C)c(S(N)(=O)=O)cc1C(=O)NC1CCCC1. The Morgan fingerprint density at radius 2 is 1.80 bits per heavy atom. The topological polar surface area (TPSA) is 89.3 Å². The Bertz CT molecular complexity index is 632. The summed E-state index contributed by atoms with van der Waals surface area (Å²) >= 11 is 0. The minimum absolute atomic E-state index is 0.0136. The number of aryl methyl sites for hydroxylation is 2. The van der Waals surface area contributed by atoms with Crippen molar-refractivity contribution < 1.29 is 13.2 Å². The highest BCUT2D eigenvalue weighted by Crippen LogP contribution is 2.22. The largest absolute Gasteiger partial charge is 0.349 e. The van der Waals surface area contributed by atoms with Crippen LogP contribution in [0.5, 0.6) is 0 Å². The summed E-state index contributed by atoms with van der Waals surface area (Å²) in [5, 5.41) is 8.14. The molecule has 110 valence electrons. The van der Waals surface area contributed by atoms with E-state index in [1.54, 1.807) is 19.9 Å². The Morgan fingerprint density at radius 3 is 2.35 bits per heavy atom. The van der Waals surface area contributed by atoms with Gasteiger partial charge in [-0.3, -0.25) is 4.79 Å². The van der Waals surface area contributed by atoms with E-state index in [0.29, 0.717) is 11.1 Å². The molecule has 6 heteroatoms. The molecular weight excluding hydrogens is 276 g/mol. The van der Waals surface area contributed by atoms with Crippen LogP contribution in [-0.4, -0.2) is 20.4 Å². The molecule has 1 aromatic carbocycles. The van der Waals surface area contributed by atoms with Gasteiger partial charge >= 0.3 is 0 Å². The highest BCUT2D eigenvalue weighted by atomic mass is 32.2. The van der Waals surface area contributed by atoms with Crippen molar-refractivity contribution >= 4 is 15.9 Å². The van der Waals surface area contributed by atoms with Crippen molar-refractivity contribution in [2.75, 3.05) is 0 Å². The average molecular weight is 296 g/mol. The number of benzene rings is 1. The second kappa shape index (κ2) is 5.54. The molecule has 0 heterocycles. The van der Waals surface area contributed by atoms with Crippen molar-refractivity contribution in [3.05, 3.63) is 28.8 Å². The van der Waals surface area contributed by atoms with E-state index in [9.17, 15) is 13.2 Å². The van der Waals surface area contributed by atoms with Crippen molar-refractivity contribution in [2.45, 2.75) is 50.5 Å². The highest BCUT2D eigenvalue weighted by molar-refractivity contribution is 7.89. The van der Waals surface area contributed by atoms with Crippen LogP contribution in [0, 0.1) is 13.8 Å². The molecule has 1 saturated carbocycles. The molecule has 2 rings (SSSR count). The maximum absolute atomic E-state index is 12.3. The van der Waals surface area contributed by atoms with Crippen LogP contribution in [0.4, 0.5) is 0 Å². The third-order valence-corrected chi connectivity index (χ3v) is 4.82. The molecule has 5 nitrogen and oxygen atoms in total. The Hall–Kier alpha value is -1.40. The maximum Gasteiger partial charge on any atom is 0.251 e. The lowest BCUT2D eigenvalue weighted by molar-refractivity contribution is 0.0937. The van der Waals surface area contributed by atoms with Crippen LogP contribution in [0.1, 0.15) is 47.2 Å². The zero-order valence-corrected chi connectivity index (χ0v) is 12.6. The predicted molar refractivity (Wildman–Crippen MR) is 77.0 cm³/mol. The maximum atomic E-state index is 12.3. The highest BCUT2D eigenvalue weighted by Gasteiger charge is 2.21. The summed E-state index contributed by atoms with van der Waals surface area (Å²) < 4.78 is 23.1. The summed E-state index contributed by atoms with van der Waals surface area (Å²) in [6.45, 7) is 3.47. The van der Waals surface area contributed by atoms with Crippen molar-refractivity contribution in [1.82, 2.24) is 5.32 Å². The molecule has 1 aromatic rings. The molecule has 0 saturated heterocycles. The molecule has 3 N–H and O–H groups in total. The van der Waals surface area contributed by atoms with Crippen LogP contribution in [-0.2, 0) is 10.0 Å². The Kier molecular flexibility index (Phi) is 4.15. The van der Waals surface area contributed by atoms with E-state index in [4.69, 9.17) is 5.14 Å². The van der Waals surface area contributed by atoms with Gasteiger partial charge in [-0.2, -0.15) is 0 Å². The summed E-state index contributed by atoms with van der Waals surface area (Å²) in [5.41, 5.74) is 1.69. The zero-order chi connectivity index (χ0) is 14.9. The molecule has 0 aliphatic heterocycles. The van der Waals surface area contributed by atoms with Gasteiger partial charge < -0.3 is 5.32 Å². The van der Waals surface area contributed by atoms with E-state index in [0.717, 1.165) is 31.2 Å². The lowest BCUT2D eigenvalue weighted by atomic mass is 10.0. The molecule has 0 aromatic heterocycles. The molecule has 0 atom stereocenters. The second-order valence-electron chi connectivity index (χ2n) is 5.43. The standard InChI is InChI=1S/C14H20N2O3S/c1-9-7-10(2)13(20(15,18)19)8-12(9)14(17)16-11-5-3-4-6-11/h7-8,11H,3-6H2,1-2H3,(H,16,17)(H2,15,18,19). The number of rotatable bonds is 3. The van der Waals surface area contributed by atoms with Gasteiger partial charge in [-0.05, 0) is 43.9 Å². The summed E-state index contributed by atoms with van der Waals surface area (Å²) in [6.07, 6.45) is 4.22. The van der Waals surface area contributed by atoms with Gasteiger partial charge in [0.2, 0.25) is 10.0 Å². The second-order valence-corrected chi connectivity index (χ2v) is 6.96. The van der Waals surface area contributed by atoms with E-state index >= 15 is 0 Å². The molecule has 1 fully saturated rings. The van der Waals surface area contributed by atoms with Gasteiger partial charge in [0.1, 0.15) is 0 Å². The van der Waals surface area contributed by atoms with Crippen molar-refractivity contribution in [1.29, 1.82) is 0 Å². The van der Waals surface area contributed by atoms with Gasteiger partial charge in [0, 0.05) is 11.6 Å². The smallest absolute Gasteiger partial charge is 0.251 e. The fraction of sp³-hybridized carbons (Fsp3) is 0.500. The third kappa shape index (κ3) is 3.19. The number of hydrogen-bond acceptors (Lipinski definition) is 3. The first-order chi connectivity index (χ1) is 9.29. The predicted octanol–water partition coefficient (Wildman–Crippen LogP) is 1.62. The Morgan fingerprint density at radius 1 is 1.20 bits per heavy atom. The van der Waals surface area contributed by atoms with Crippen LogP contribution < -0.4 is 10.5 Å². The van der Waals surface area contributed by atoms with Gasteiger partial charge in [0.05, 0.1) is 4.90 Å². The molecule has 1 aliphatic rings. The van der Waals surface area contributed by atoms with E-state index < -0.39 is 10.0 Å². The number of carbonyl (C=O) groups excluding carboxylic acids is 1. The summed E-state index contributed by atoms with van der Waals surface area (Å²) in [4.78, 5) is 12.3. The number of primary sulfonamides is 1. The van der Waals surface area contributed by atoms with Crippen LogP contribution in [0.2, 0.25) is 0 Å².